The molecule has 1 aliphatic rings. The molecule has 3 heteroatoms. The molecular weight excluding hydrogens is 224 g/mol. The van der Waals surface area contributed by atoms with E-state index in [0.717, 1.165) is 18.8 Å². The van der Waals surface area contributed by atoms with Gasteiger partial charge in [0.25, 0.3) is 0 Å². The maximum Gasteiger partial charge on any atom is 0.119 e. The second-order valence-corrected chi connectivity index (χ2v) is 5.40. The number of nitrogens with one attached hydrogen (secondary N) is 1. The Morgan fingerprint density at radius 1 is 1.44 bits per heavy atom. The monoisotopic (exact) mass is 248 g/mol. The fourth-order valence-corrected chi connectivity index (χ4v) is 2.65. The molecule has 0 saturated heterocycles. The molecule has 1 N–H and O–H groups in total. The van der Waals surface area contributed by atoms with Crippen LogP contribution in [0.25, 0.3) is 0 Å². The normalized spacial score (nSPS) is 18.3. The molecule has 1 heterocycles. The topological polar surface area (TPSA) is 24.5 Å². The van der Waals surface area contributed by atoms with Crippen molar-refractivity contribution in [2.24, 2.45) is 0 Å². The lowest BCUT2D eigenvalue weighted by molar-refractivity contribution is 0.414. The lowest BCUT2D eigenvalue weighted by Crippen LogP contribution is -2.26. The molecule has 0 aromatic heterocycles. The molecule has 1 aromatic rings. The largest absolute Gasteiger partial charge is 0.497 e. The van der Waals surface area contributed by atoms with Crippen LogP contribution in [0.15, 0.2) is 18.2 Å². The summed E-state index contributed by atoms with van der Waals surface area (Å²) in [7, 11) is 3.90. The van der Waals surface area contributed by atoms with Gasteiger partial charge in [-0.15, -0.1) is 0 Å². The lowest BCUT2D eigenvalue weighted by atomic mass is 9.97. The maximum atomic E-state index is 5.33. The van der Waals surface area contributed by atoms with Gasteiger partial charge in [-0.2, -0.15) is 0 Å². The van der Waals surface area contributed by atoms with E-state index in [1.807, 2.05) is 6.07 Å². The van der Waals surface area contributed by atoms with E-state index in [1.54, 1.807) is 7.11 Å². The zero-order valence-corrected chi connectivity index (χ0v) is 11.9. The highest BCUT2D eigenvalue weighted by Crippen LogP contribution is 2.38. The number of likely N-dealkylation sites (N-methyl/N-ethyl adjacent to an activating group) is 1. The Hall–Kier alpha value is -1.22. The molecule has 18 heavy (non-hydrogen) atoms. The van der Waals surface area contributed by atoms with Gasteiger partial charge in [-0.25, -0.2) is 0 Å². The zero-order chi connectivity index (χ0) is 13.1. The number of methoxy groups -OCH3 is 1. The van der Waals surface area contributed by atoms with Crippen molar-refractivity contribution in [3.63, 3.8) is 0 Å². The minimum Gasteiger partial charge on any atom is -0.497 e. The number of hydrogen-bond acceptors (Lipinski definition) is 3. The molecule has 1 aliphatic heterocycles. The van der Waals surface area contributed by atoms with Crippen LogP contribution in [0.3, 0.4) is 0 Å². The summed E-state index contributed by atoms with van der Waals surface area (Å²) in [6.07, 6.45) is 1.18. The fraction of sp³-hybridized carbons (Fsp3) is 0.600. The number of benzene rings is 1. The highest BCUT2D eigenvalue weighted by atomic mass is 16.5. The summed E-state index contributed by atoms with van der Waals surface area (Å²) in [6, 6.07) is 6.97. The average Bonchev–Trinajstić information content (AvgIpc) is 2.65. The standard InChI is InChI=1S/C15H24N2O/c1-11(2)16-8-7-12-10-17(3)15-6-5-13(18-4)9-14(12)15/h5-6,9,11-12,16H,7-8,10H2,1-4H3. The molecule has 1 atom stereocenters. The van der Waals surface area contributed by atoms with E-state index in [9.17, 15) is 0 Å². The molecule has 0 saturated carbocycles. The molecule has 1 unspecified atom stereocenters. The molecule has 0 bridgehead atoms. The Bertz CT molecular complexity index is 403. The second kappa shape index (κ2) is 5.61. The van der Waals surface area contributed by atoms with Crippen LogP contribution in [0.1, 0.15) is 31.7 Å². The van der Waals surface area contributed by atoms with Crippen LogP contribution in [-0.2, 0) is 0 Å². The summed E-state index contributed by atoms with van der Waals surface area (Å²) in [5.74, 6) is 1.58. The van der Waals surface area contributed by atoms with E-state index in [0.29, 0.717) is 12.0 Å². The van der Waals surface area contributed by atoms with Crippen LogP contribution in [0, 0.1) is 0 Å². The van der Waals surface area contributed by atoms with Gasteiger partial charge in [0.1, 0.15) is 5.75 Å². The van der Waals surface area contributed by atoms with Gasteiger partial charge in [-0.05, 0) is 36.7 Å². The highest BCUT2D eigenvalue weighted by molar-refractivity contribution is 5.61. The molecule has 0 spiro atoms. The number of hydrogen-bond donors (Lipinski definition) is 1. The van der Waals surface area contributed by atoms with Gasteiger partial charge in [0.05, 0.1) is 7.11 Å². The number of rotatable bonds is 5. The number of nitrogens with zero attached hydrogens (tertiary/aromatic N) is 1. The van der Waals surface area contributed by atoms with Crippen molar-refractivity contribution in [1.82, 2.24) is 5.32 Å². The molecular formula is C15H24N2O. The summed E-state index contributed by atoms with van der Waals surface area (Å²) < 4.78 is 5.33. The second-order valence-electron chi connectivity index (χ2n) is 5.40. The maximum absolute atomic E-state index is 5.33. The Labute approximate surface area is 110 Å². The Kier molecular flexibility index (Phi) is 4.12. The van der Waals surface area contributed by atoms with Crippen molar-refractivity contribution in [2.75, 3.05) is 32.1 Å². The molecule has 1 aromatic carbocycles. The fourth-order valence-electron chi connectivity index (χ4n) is 2.65. The van der Waals surface area contributed by atoms with E-state index in [-0.39, 0.29) is 0 Å². The van der Waals surface area contributed by atoms with E-state index >= 15 is 0 Å². The summed E-state index contributed by atoms with van der Waals surface area (Å²) in [5, 5.41) is 3.50. The molecule has 3 nitrogen and oxygen atoms in total. The quantitative estimate of drug-likeness (QED) is 0.867. The van der Waals surface area contributed by atoms with Crippen molar-refractivity contribution in [2.45, 2.75) is 32.2 Å². The minimum absolute atomic E-state index is 0.564. The number of ether oxygens (including phenoxy) is 1. The first kappa shape index (κ1) is 13.2. The summed E-state index contributed by atoms with van der Waals surface area (Å²) in [6.45, 7) is 6.57. The Morgan fingerprint density at radius 3 is 2.89 bits per heavy atom. The minimum atomic E-state index is 0.564. The highest BCUT2D eigenvalue weighted by Gasteiger charge is 2.26. The molecule has 0 radical (unpaired) electrons. The van der Waals surface area contributed by atoms with Gasteiger partial charge in [-0.1, -0.05) is 13.8 Å². The van der Waals surface area contributed by atoms with Crippen LogP contribution < -0.4 is 15.0 Å². The SMILES string of the molecule is COc1ccc2c(c1)C(CCNC(C)C)CN2C. The smallest absolute Gasteiger partial charge is 0.119 e. The predicted molar refractivity (Wildman–Crippen MR) is 76.8 cm³/mol. The van der Waals surface area contributed by atoms with E-state index in [2.05, 4.69) is 43.2 Å². The molecule has 0 amide bonds. The van der Waals surface area contributed by atoms with Gasteiger partial charge >= 0.3 is 0 Å². The van der Waals surface area contributed by atoms with E-state index in [1.165, 1.54) is 17.7 Å². The molecule has 2 rings (SSSR count). The van der Waals surface area contributed by atoms with Gasteiger partial charge in [-0.3, -0.25) is 0 Å². The summed E-state index contributed by atoms with van der Waals surface area (Å²) in [4.78, 5) is 2.34. The van der Waals surface area contributed by atoms with Gasteiger partial charge in [0.2, 0.25) is 0 Å². The van der Waals surface area contributed by atoms with Crippen molar-refractivity contribution >= 4 is 5.69 Å². The third kappa shape index (κ3) is 2.78. The lowest BCUT2D eigenvalue weighted by Gasteiger charge is -2.14. The van der Waals surface area contributed by atoms with Crippen LogP contribution in [-0.4, -0.2) is 33.3 Å². The Balaban J connectivity index is 2.07. The van der Waals surface area contributed by atoms with E-state index < -0.39 is 0 Å². The summed E-state index contributed by atoms with van der Waals surface area (Å²) >= 11 is 0. The van der Waals surface area contributed by atoms with E-state index in [4.69, 9.17) is 4.74 Å². The average molecular weight is 248 g/mol. The first-order chi connectivity index (χ1) is 8.61. The van der Waals surface area contributed by atoms with Crippen LogP contribution >= 0.6 is 0 Å². The van der Waals surface area contributed by atoms with Crippen LogP contribution in [0.2, 0.25) is 0 Å². The third-order valence-electron chi connectivity index (χ3n) is 3.63. The summed E-state index contributed by atoms with van der Waals surface area (Å²) in [5.41, 5.74) is 2.78. The number of fused-ring (bicyclic) bond motifs is 1. The van der Waals surface area contributed by atoms with Gasteiger partial charge < -0.3 is 15.0 Å². The van der Waals surface area contributed by atoms with Crippen molar-refractivity contribution in [3.8, 4) is 5.75 Å². The van der Waals surface area contributed by atoms with Crippen molar-refractivity contribution in [3.05, 3.63) is 23.8 Å². The van der Waals surface area contributed by atoms with Crippen molar-refractivity contribution < 1.29 is 4.74 Å². The number of anilines is 1. The zero-order valence-electron chi connectivity index (χ0n) is 11.9. The molecule has 100 valence electrons. The van der Waals surface area contributed by atoms with Crippen molar-refractivity contribution in [1.29, 1.82) is 0 Å². The third-order valence-corrected chi connectivity index (χ3v) is 3.63. The van der Waals surface area contributed by atoms with Gasteiger partial charge in [0, 0.05) is 31.2 Å². The first-order valence-corrected chi connectivity index (χ1v) is 6.74. The first-order valence-electron chi connectivity index (χ1n) is 6.74. The molecule has 0 fully saturated rings. The predicted octanol–water partition coefficient (Wildman–Crippen LogP) is 2.62. The molecule has 0 aliphatic carbocycles. The van der Waals surface area contributed by atoms with Crippen LogP contribution in [0.5, 0.6) is 5.75 Å². The Morgan fingerprint density at radius 2 is 2.22 bits per heavy atom. The van der Waals surface area contributed by atoms with Gasteiger partial charge in [0.15, 0.2) is 0 Å². The van der Waals surface area contributed by atoms with Crippen LogP contribution in [0.4, 0.5) is 5.69 Å².